The summed E-state index contributed by atoms with van der Waals surface area (Å²) >= 11 is 6.13. The molecule has 8 heteroatoms. The van der Waals surface area contributed by atoms with Crippen LogP contribution in [0.5, 0.6) is 0 Å². The van der Waals surface area contributed by atoms with Crippen molar-refractivity contribution in [3.8, 4) is 0 Å². The molecule has 1 saturated heterocycles. The van der Waals surface area contributed by atoms with Crippen molar-refractivity contribution in [1.82, 2.24) is 4.90 Å². The number of benzene rings is 1. The third-order valence-corrected chi connectivity index (χ3v) is 4.53. The molecule has 23 heavy (non-hydrogen) atoms. The topological polar surface area (TPSA) is 83.9 Å². The number of carboxylic acids is 1. The first-order valence-corrected chi connectivity index (χ1v) is 7.76. The number of ether oxygens (including phenoxy) is 1. The zero-order valence-electron chi connectivity index (χ0n) is 12.3. The van der Waals surface area contributed by atoms with Gasteiger partial charge in [0.1, 0.15) is 10.4 Å². The molecule has 1 aliphatic heterocycles. The van der Waals surface area contributed by atoms with Crippen LogP contribution in [0.15, 0.2) is 29.2 Å². The second kappa shape index (κ2) is 6.93. The molecule has 6 nitrogen and oxygen atoms in total. The zero-order chi connectivity index (χ0) is 17.1. The van der Waals surface area contributed by atoms with E-state index in [2.05, 4.69) is 4.74 Å². The van der Waals surface area contributed by atoms with Crippen LogP contribution in [0.25, 0.3) is 6.08 Å². The third-order valence-electron chi connectivity index (χ3n) is 3.20. The predicted molar refractivity (Wildman–Crippen MR) is 89.9 cm³/mol. The Bertz CT molecular complexity index is 711. The van der Waals surface area contributed by atoms with E-state index in [0.717, 1.165) is 16.7 Å². The van der Waals surface area contributed by atoms with Crippen molar-refractivity contribution in [2.45, 2.75) is 13.0 Å². The van der Waals surface area contributed by atoms with Crippen LogP contribution in [0.1, 0.15) is 22.8 Å². The fourth-order valence-electron chi connectivity index (χ4n) is 1.91. The summed E-state index contributed by atoms with van der Waals surface area (Å²) in [7, 11) is 1.30. The molecule has 1 atom stereocenters. The van der Waals surface area contributed by atoms with Gasteiger partial charge in [0.05, 0.1) is 17.6 Å². The van der Waals surface area contributed by atoms with E-state index in [4.69, 9.17) is 17.3 Å². The molecular weight excluding hydrogens is 338 g/mol. The van der Waals surface area contributed by atoms with E-state index in [-0.39, 0.29) is 4.32 Å². The summed E-state index contributed by atoms with van der Waals surface area (Å²) < 4.78 is 4.82. The minimum Gasteiger partial charge on any atom is -0.480 e. The molecule has 0 spiro atoms. The number of thioether (sulfide) groups is 1. The quantitative estimate of drug-likeness (QED) is 0.505. The number of methoxy groups -OCH3 is 1. The van der Waals surface area contributed by atoms with E-state index >= 15 is 0 Å². The summed E-state index contributed by atoms with van der Waals surface area (Å²) in [5, 5.41) is 9.03. The fourth-order valence-corrected chi connectivity index (χ4v) is 3.33. The van der Waals surface area contributed by atoms with Gasteiger partial charge < -0.3 is 9.84 Å². The predicted octanol–water partition coefficient (Wildman–Crippen LogP) is 2.15. The normalized spacial score (nSPS) is 17.5. The van der Waals surface area contributed by atoms with Crippen LogP contribution >= 0.6 is 24.0 Å². The first-order chi connectivity index (χ1) is 10.8. The number of carbonyl (C=O) groups excluding carboxylic acids is 2. The lowest BCUT2D eigenvalue weighted by atomic mass is 10.1. The summed E-state index contributed by atoms with van der Waals surface area (Å²) in [6.45, 7) is 1.40. The van der Waals surface area contributed by atoms with Crippen LogP contribution in [-0.2, 0) is 14.3 Å². The monoisotopic (exact) mass is 351 g/mol. The Morgan fingerprint density at radius 2 is 1.96 bits per heavy atom. The van der Waals surface area contributed by atoms with E-state index in [1.165, 1.54) is 14.0 Å². The smallest absolute Gasteiger partial charge is 0.337 e. The molecule has 120 valence electrons. The fraction of sp³-hybridized carbons (Fsp3) is 0.200. The van der Waals surface area contributed by atoms with Gasteiger partial charge in [-0.15, -0.1) is 0 Å². The van der Waals surface area contributed by atoms with Gasteiger partial charge in [-0.25, -0.2) is 9.59 Å². The van der Waals surface area contributed by atoms with Gasteiger partial charge in [0.25, 0.3) is 5.91 Å². The number of thiocarbonyl (C=S) groups is 1. The molecule has 0 bridgehead atoms. The lowest BCUT2D eigenvalue weighted by Crippen LogP contribution is -2.41. The number of nitrogens with zero attached hydrogens (tertiary/aromatic N) is 1. The van der Waals surface area contributed by atoms with Gasteiger partial charge >= 0.3 is 11.9 Å². The Balaban J connectivity index is 2.24. The molecule has 1 amide bonds. The summed E-state index contributed by atoms with van der Waals surface area (Å²) in [5.74, 6) is -2.00. The van der Waals surface area contributed by atoms with Crippen molar-refractivity contribution in [3.05, 3.63) is 40.3 Å². The van der Waals surface area contributed by atoms with Crippen molar-refractivity contribution in [1.29, 1.82) is 0 Å². The maximum absolute atomic E-state index is 12.3. The van der Waals surface area contributed by atoms with Gasteiger partial charge in [-0.3, -0.25) is 9.69 Å². The molecule has 0 unspecified atom stereocenters. The standard InChI is InChI=1S/C15H13NO5S2/c1-8(13(18)19)16-12(17)11(23-15(16)22)7-9-3-5-10(6-4-9)14(20)21-2/h3-8H,1-2H3,(H,18,19)/b11-7+/t8-/m1/s1. The molecule has 0 saturated carbocycles. The van der Waals surface area contributed by atoms with Crippen LogP contribution in [0.2, 0.25) is 0 Å². The number of carbonyl (C=O) groups is 3. The lowest BCUT2D eigenvalue weighted by molar-refractivity contribution is -0.144. The number of esters is 1. The van der Waals surface area contributed by atoms with Crippen LogP contribution in [0.4, 0.5) is 0 Å². The molecule has 1 heterocycles. The largest absolute Gasteiger partial charge is 0.480 e. The van der Waals surface area contributed by atoms with Gasteiger partial charge in [-0.1, -0.05) is 36.1 Å². The molecule has 1 aromatic carbocycles. The molecule has 1 N–H and O–H groups in total. The summed E-state index contributed by atoms with van der Waals surface area (Å²) in [5.41, 5.74) is 1.10. The second-order valence-electron chi connectivity index (χ2n) is 4.68. The van der Waals surface area contributed by atoms with Crippen molar-refractivity contribution < 1.29 is 24.2 Å². The van der Waals surface area contributed by atoms with Crippen LogP contribution in [0, 0.1) is 0 Å². The molecular formula is C15H13NO5S2. The number of carboxylic acid groups (broad SMARTS) is 1. The summed E-state index contributed by atoms with van der Waals surface area (Å²) in [6, 6.07) is 5.48. The highest BCUT2D eigenvalue weighted by atomic mass is 32.2. The molecule has 0 aromatic heterocycles. The Morgan fingerprint density at radius 3 is 2.48 bits per heavy atom. The number of amides is 1. The molecule has 0 aliphatic carbocycles. The molecule has 1 aliphatic rings. The Hall–Kier alpha value is -2.19. The Morgan fingerprint density at radius 1 is 1.35 bits per heavy atom. The van der Waals surface area contributed by atoms with Gasteiger partial charge in [0, 0.05) is 0 Å². The average molecular weight is 351 g/mol. The van der Waals surface area contributed by atoms with Crippen LogP contribution in [0.3, 0.4) is 0 Å². The molecule has 0 radical (unpaired) electrons. The van der Waals surface area contributed by atoms with E-state index in [9.17, 15) is 14.4 Å². The van der Waals surface area contributed by atoms with Gasteiger partial charge in [-0.05, 0) is 30.7 Å². The summed E-state index contributed by atoms with van der Waals surface area (Å²) in [4.78, 5) is 36.1. The Kier molecular flexibility index (Phi) is 5.17. The first kappa shape index (κ1) is 17.2. The highest BCUT2D eigenvalue weighted by Crippen LogP contribution is 2.33. The zero-order valence-corrected chi connectivity index (χ0v) is 13.9. The number of hydrogen-bond donors (Lipinski definition) is 1. The minimum absolute atomic E-state index is 0.210. The lowest BCUT2D eigenvalue weighted by Gasteiger charge is -2.18. The highest BCUT2D eigenvalue weighted by molar-refractivity contribution is 8.26. The maximum Gasteiger partial charge on any atom is 0.337 e. The van der Waals surface area contributed by atoms with Gasteiger partial charge in [-0.2, -0.15) is 0 Å². The van der Waals surface area contributed by atoms with E-state index < -0.39 is 23.9 Å². The van der Waals surface area contributed by atoms with Crippen molar-refractivity contribution in [2.75, 3.05) is 7.11 Å². The molecule has 2 rings (SSSR count). The van der Waals surface area contributed by atoms with Gasteiger partial charge in [0.15, 0.2) is 0 Å². The molecule has 1 fully saturated rings. The third kappa shape index (κ3) is 3.59. The van der Waals surface area contributed by atoms with E-state index in [1.54, 1.807) is 30.3 Å². The Labute approximate surface area is 142 Å². The molecule has 1 aromatic rings. The van der Waals surface area contributed by atoms with Crippen molar-refractivity contribution in [2.24, 2.45) is 0 Å². The van der Waals surface area contributed by atoms with Gasteiger partial charge in [0.2, 0.25) is 0 Å². The second-order valence-corrected chi connectivity index (χ2v) is 6.36. The SMILES string of the molecule is COC(=O)c1ccc(/C=C2/SC(=S)N([C@H](C)C(=O)O)C2=O)cc1. The highest BCUT2D eigenvalue weighted by Gasteiger charge is 2.38. The number of aliphatic carboxylic acids is 1. The average Bonchev–Trinajstić information content (AvgIpc) is 2.80. The van der Waals surface area contributed by atoms with E-state index in [0.29, 0.717) is 16.0 Å². The summed E-state index contributed by atoms with van der Waals surface area (Å²) in [6.07, 6.45) is 1.61. The van der Waals surface area contributed by atoms with Crippen molar-refractivity contribution in [3.63, 3.8) is 0 Å². The number of hydrogen-bond acceptors (Lipinski definition) is 6. The van der Waals surface area contributed by atoms with E-state index in [1.807, 2.05) is 0 Å². The minimum atomic E-state index is -1.12. The first-order valence-electron chi connectivity index (χ1n) is 6.53. The number of rotatable bonds is 4. The van der Waals surface area contributed by atoms with Crippen LogP contribution < -0.4 is 0 Å². The maximum atomic E-state index is 12.3. The van der Waals surface area contributed by atoms with Crippen molar-refractivity contribution >= 4 is 52.2 Å². The van der Waals surface area contributed by atoms with Crippen LogP contribution in [-0.4, -0.2) is 45.3 Å².